The number of unbranched alkanes of at least 4 members (excludes halogenated alkanes) is 1. The van der Waals surface area contributed by atoms with Crippen LogP contribution in [0, 0.1) is 0 Å². The van der Waals surface area contributed by atoms with Crippen LogP contribution < -0.4 is 0 Å². The van der Waals surface area contributed by atoms with Crippen molar-refractivity contribution in [1.29, 1.82) is 0 Å². The number of fused-ring (bicyclic) bond motifs is 1. The second-order valence-electron chi connectivity index (χ2n) is 3.04. The van der Waals surface area contributed by atoms with Crippen molar-refractivity contribution in [3.8, 4) is 0 Å². The molecule has 0 bridgehead atoms. The van der Waals surface area contributed by atoms with E-state index in [1.54, 1.807) is 10.5 Å². The van der Waals surface area contributed by atoms with Gasteiger partial charge < -0.3 is 0 Å². The Morgan fingerprint density at radius 1 is 1.42 bits per heavy atom. The molecule has 3 heteroatoms. The quantitative estimate of drug-likeness (QED) is 0.641. The van der Waals surface area contributed by atoms with Gasteiger partial charge in [-0.15, -0.1) is 0 Å². The molecule has 1 fully saturated rings. The summed E-state index contributed by atoms with van der Waals surface area (Å²) < 4.78 is 0. The van der Waals surface area contributed by atoms with Crippen molar-refractivity contribution in [3.63, 3.8) is 0 Å². The third-order valence-corrected chi connectivity index (χ3v) is 6.66. The molecule has 0 nitrogen and oxygen atoms in total. The van der Waals surface area contributed by atoms with E-state index in [0.29, 0.717) is 0 Å². The summed E-state index contributed by atoms with van der Waals surface area (Å²) in [6.07, 6.45) is 8.59. The molecule has 2 rings (SSSR count). The Kier molecular flexibility index (Phi) is 3.15. The molecule has 1 aliphatic carbocycles. The Balaban J connectivity index is 1.93. The summed E-state index contributed by atoms with van der Waals surface area (Å²) in [7, 11) is 5.88. The molecule has 0 aromatic carbocycles. The first-order valence-electron chi connectivity index (χ1n) is 4.32. The number of rotatable bonds is 3. The van der Waals surface area contributed by atoms with Crippen molar-refractivity contribution < 1.29 is 0 Å². The minimum atomic E-state index is 0.728. The standard InChI is InChI=1S/C9H12S3/c1-2-3-4-7-5-6-8-9(7)11-12-10-8/h5-6,9H,2-4H2,1H3. The molecule has 1 saturated heterocycles. The second-order valence-corrected chi connectivity index (χ2v) is 7.19. The fraction of sp³-hybridized carbons (Fsp3) is 0.556. The van der Waals surface area contributed by atoms with Gasteiger partial charge in [0.1, 0.15) is 0 Å². The molecule has 12 heavy (non-hydrogen) atoms. The van der Waals surface area contributed by atoms with Gasteiger partial charge in [-0.1, -0.05) is 41.9 Å². The fourth-order valence-electron chi connectivity index (χ4n) is 1.42. The molecular formula is C9H12S3. The lowest BCUT2D eigenvalue weighted by Gasteiger charge is -2.08. The maximum Gasteiger partial charge on any atom is 0.0689 e. The van der Waals surface area contributed by atoms with Crippen LogP contribution in [0.4, 0.5) is 0 Å². The number of hydrogen-bond donors (Lipinski definition) is 0. The molecular weight excluding hydrogens is 204 g/mol. The first-order valence-corrected chi connectivity index (χ1v) is 7.87. The molecule has 1 atom stereocenters. The van der Waals surface area contributed by atoms with Crippen molar-refractivity contribution in [3.05, 3.63) is 22.6 Å². The average Bonchev–Trinajstić information content (AvgIpc) is 2.62. The van der Waals surface area contributed by atoms with Gasteiger partial charge in [0.05, 0.1) is 5.25 Å². The first kappa shape index (κ1) is 9.10. The van der Waals surface area contributed by atoms with Gasteiger partial charge in [-0.2, -0.15) is 0 Å². The zero-order chi connectivity index (χ0) is 8.39. The zero-order valence-electron chi connectivity index (χ0n) is 7.08. The van der Waals surface area contributed by atoms with Crippen LogP contribution in [0.5, 0.6) is 0 Å². The highest BCUT2D eigenvalue weighted by molar-refractivity contribution is 9.11. The van der Waals surface area contributed by atoms with E-state index in [4.69, 9.17) is 0 Å². The third kappa shape index (κ3) is 1.73. The molecule has 1 heterocycles. The fourth-order valence-corrected chi connectivity index (χ4v) is 6.62. The number of allylic oxidation sites excluding steroid dienone is 2. The second kappa shape index (κ2) is 4.16. The maximum absolute atomic E-state index is 2.33. The van der Waals surface area contributed by atoms with Gasteiger partial charge in [0.15, 0.2) is 0 Å². The molecule has 0 N–H and O–H groups in total. The lowest BCUT2D eigenvalue weighted by Crippen LogP contribution is -1.99. The van der Waals surface area contributed by atoms with E-state index in [1.165, 1.54) is 19.3 Å². The van der Waals surface area contributed by atoms with Gasteiger partial charge >= 0.3 is 0 Å². The van der Waals surface area contributed by atoms with Gasteiger partial charge in [0.2, 0.25) is 0 Å². The summed E-state index contributed by atoms with van der Waals surface area (Å²) in [4.78, 5) is 1.57. The molecule has 0 radical (unpaired) electrons. The van der Waals surface area contributed by atoms with E-state index in [1.807, 2.05) is 31.4 Å². The highest BCUT2D eigenvalue weighted by Crippen LogP contribution is 2.59. The van der Waals surface area contributed by atoms with E-state index in [9.17, 15) is 0 Å². The minimum Gasteiger partial charge on any atom is -0.0689 e. The molecule has 1 aliphatic heterocycles. The van der Waals surface area contributed by atoms with E-state index in [-0.39, 0.29) is 0 Å². The summed E-state index contributed by atoms with van der Waals surface area (Å²) >= 11 is 0. The SMILES string of the molecule is CCCCC1=CC=C2SSSC12. The average molecular weight is 216 g/mol. The zero-order valence-corrected chi connectivity index (χ0v) is 9.53. The molecule has 0 aromatic rings. The Morgan fingerprint density at radius 3 is 3.17 bits per heavy atom. The molecule has 0 spiro atoms. The highest BCUT2D eigenvalue weighted by atomic mass is 33.5. The third-order valence-electron chi connectivity index (χ3n) is 2.14. The van der Waals surface area contributed by atoms with Crippen molar-refractivity contribution in [2.24, 2.45) is 0 Å². The largest absolute Gasteiger partial charge is 0.0689 e. The van der Waals surface area contributed by atoms with Gasteiger partial charge in [-0.05, 0) is 33.5 Å². The highest BCUT2D eigenvalue weighted by Gasteiger charge is 2.29. The van der Waals surface area contributed by atoms with E-state index in [0.717, 1.165) is 5.25 Å². The van der Waals surface area contributed by atoms with Crippen molar-refractivity contribution >= 4 is 31.4 Å². The summed E-state index contributed by atoms with van der Waals surface area (Å²) in [6, 6.07) is 0. The summed E-state index contributed by atoms with van der Waals surface area (Å²) in [6.45, 7) is 2.26. The summed E-state index contributed by atoms with van der Waals surface area (Å²) in [5.41, 5.74) is 1.65. The van der Waals surface area contributed by atoms with Crippen LogP contribution in [0.2, 0.25) is 0 Å². The summed E-state index contributed by atoms with van der Waals surface area (Å²) in [5, 5.41) is 0.728. The van der Waals surface area contributed by atoms with Crippen LogP contribution >= 0.6 is 31.4 Å². The topological polar surface area (TPSA) is 0 Å². The van der Waals surface area contributed by atoms with Gasteiger partial charge in [-0.25, -0.2) is 0 Å². The Bertz CT molecular complexity index is 230. The van der Waals surface area contributed by atoms with Gasteiger partial charge in [-0.3, -0.25) is 0 Å². The van der Waals surface area contributed by atoms with Crippen molar-refractivity contribution in [2.45, 2.75) is 31.4 Å². The predicted octanol–water partition coefficient (Wildman–Crippen LogP) is 4.41. The minimum absolute atomic E-state index is 0.728. The van der Waals surface area contributed by atoms with Crippen molar-refractivity contribution in [1.82, 2.24) is 0 Å². The van der Waals surface area contributed by atoms with Crippen LogP contribution in [0.1, 0.15) is 26.2 Å². The molecule has 2 aliphatic rings. The lowest BCUT2D eigenvalue weighted by atomic mass is 10.1. The normalized spacial score (nSPS) is 26.9. The monoisotopic (exact) mass is 216 g/mol. The van der Waals surface area contributed by atoms with Crippen LogP contribution in [0.25, 0.3) is 0 Å². The van der Waals surface area contributed by atoms with Crippen LogP contribution in [-0.4, -0.2) is 5.25 Å². The molecule has 0 saturated carbocycles. The van der Waals surface area contributed by atoms with E-state index < -0.39 is 0 Å². The van der Waals surface area contributed by atoms with Gasteiger partial charge in [0, 0.05) is 4.91 Å². The van der Waals surface area contributed by atoms with E-state index in [2.05, 4.69) is 19.1 Å². The Hall–Kier alpha value is 0.530. The smallest absolute Gasteiger partial charge is 0.0689 e. The Morgan fingerprint density at radius 2 is 2.33 bits per heavy atom. The Labute approximate surface area is 85.4 Å². The molecule has 1 unspecified atom stereocenters. The van der Waals surface area contributed by atoms with Crippen LogP contribution in [0.3, 0.4) is 0 Å². The predicted molar refractivity (Wildman–Crippen MR) is 62.3 cm³/mol. The maximum atomic E-state index is 2.33. The lowest BCUT2D eigenvalue weighted by molar-refractivity contribution is 0.781. The molecule has 0 aromatic heterocycles. The molecule has 66 valence electrons. The number of hydrogen-bond acceptors (Lipinski definition) is 3. The van der Waals surface area contributed by atoms with Crippen LogP contribution in [-0.2, 0) is 0 Å². The van der Waals surface area contributed by atoms with Crippen molar-refractivity contribution in [2.75, 3.05) is 0 Å². The molecule has 0 amide bonds. The first-order chi connectivity index (χ1) is 5.92. The van der Waals surface area contributed by atoms with Gasteiger partial charge in [0.25, 0.3) is 0 Å². The van der Waals surface area contributed by atoms with E-state index >= 15 is 0 Å². The van der Waals surface area contributed by atoms with Crippen LogP contribution in [0.15, 0.2) is 22.6 Å². The summed E-state index contributed by atoms with van der Waals surface area (Å²) in [5.74, 6) is 0.